The number of carbonyl (C=O) groups excluding carboxylic acids is 1. The Morgan fingerprint density at radius 2 is 1.96 bits per heavy atom. The second kappa shape index (κ2) is 5.92. The molecule has 0 radical (unpaired) electrons. The Hall–Kier alpha value is -2.37. The Morgan fingerprint density at radius 3 is 2.54 bits per heavy atom. The molecular weight excluding hydrogens is 317 g/mol. The van der Waals surface area contributed by atoms with Gasteiger partial charge in [-0.1, -0.05) is 24.3 Å². The number of nitrogens with zero attached hydrogens (tertiary/aromatic N) is 2. The highest BCUT2D eigenvalue weighted by molar-refractivity contribution is 5.91. The van der Waals surface area contributed by atoms with Crippen LogP contribution in [-0.2, 0) is 22.9 Å². The Bertz CT molecular complexity index is 739. The zero-order valence-corrected chi connectivity index (χ0v) is 13.2. The summed E-state index contributed by atoms with van der Waals surface area (Å²) in [5, 5.41) is 0. The van der Waals surface area contributed by atoms with Gasteiger partial charge in [0, 0.05) is 13.2 Å². The van der Waals surface area contributed by atoms with Crippen molar-refractivity contribution in [1.29, 1.82) is 0 Å². The Morgan fingerprint density at radius 1 is 1.21 bits per heavy atom. The molecule has 1 fully saturated rings. The molecule has 1 aromatic carbocycles. The number of hydrogen-bond acceptors (Lipinski definition) is 2. The minimum atomic E-state index is -4.41. The quantitative estimate of drug-likeness (QED) is 0.852. The van der Waals surface area contributed by atoms with Gasteiger partial charge in [-0.05, 0) is 36.6 Å². The standard InChI is InChI=1S/C18H17F3N2O/c1-23(12-15-7-2-3-10-22-15)16(24)17(8-9-17)13-5-4-6-14(11-13)18(19,20)21/h2-7,10-11H,8-9,12H2,1H3. The van der Waals surface area contributed by atoms with Crippen molar-refractivity contribution in [3.8, 4) is 0 Å². The lowest BCUT2D eigenvalue weighted by Gasteiger charge is -2.24. The number of likely N-dealkylation sites (N-methyl/N-ethyl adjacent to an activating group) is 1. The number of carbonyl (C=O) groups is 1. The number of rotatable bonds is 4. The van der Waals surface area contributed by atoms with E-state index in [2.05, 4.69) is 4.98 Å². The number of amides is 1. The van der Waals surface area contributed by atoms with Crippen LogP contribution in [0.15, 0.2) is 48.7 Å². The molecular formula is C18H17F3N2O. The van der Waals surface area contributed by atoms with Gasteiger partial charge in [0.05, 0.1) is 23.2 Å². The molecule has 0 bridgehead atoms. The third-order valence-corrected chi connectivity index (χ3v) is 4.37. The lowest BCUT2D eigenvalue weighted by Crippen LogP contribution is -2.36. The summed E-state index contributed by atoms with van der Waals surface area (Å²) in [7, 11) is 1.66. The van der Waals surface area contributed by atoms with Gasteiger partial charge in [-0.3, -0.25) is 9.78 Å². The smallest absolute Gasteiger partial charge is 0.339 e. The number of hydrogen-bond donors (Lipinski definition) is 0. The lowest BCUT2D eigenvalue weighted by atomic mass is 9.92. The molecule has 1 aromatic heterocycles. The topological polar surface area (TPSA) is 33.2 Å². The average Bonchev–Trinajstić information content (AvgIpc) is 3.36. The number of pyridine rings is 1. The highest BCUT2D eigenvalue weighted by Gasteiger charge is 2.53. The van der Waals surface area contributed by atoms with Crippen molar-refractivity contribution in [2.24, 2.45) is 0 Å². The lowest BCUT2D eigenvalue weighted by molar-refractivity contribution is -0.138. The van der Waals surface area contributed by atoms with Gasteiger partial charge in [0.25, 0.3) is 0 Å². The first kappa shape index (κ1) is 16.5. The predicted molar refractivity (Wildman–Crippen MR) is 83.1 cm³/mol. The number of aromatic nitrogens is 1. The van der Waals surface area contributed by atoms with Gasteiger partial charge >= 0.3 is 6.18 Å². The summed E-state index contributed by atoms with van der Waals surface area (Å²) >= 11 is 0. The molecule has 0 spiro atoms. The summed E-state index contributed by atoms with van der Waals surface area (Å²) in [6.45, 7) is 0.334. The summed E-state index contributed by atoms with van der Waals surface area (Å²) in [6.07, 6.45) is -1.62. The second-order valence-corrected chi connectivity index (χ2v) is 6.14. The molecule has 0 aliphatic heterocycles. The molecule has 0 unspecified atom stereocenters. The third-order valence-electron chi connectivity index (χ3n) is 4.37. The van der Waals surface area contributed by atoms with Crippen molar-refractivity contribution in [3.63, 3.8) is 0 Å². The summed E-state index contributed by atoms with van der Waals surface area (Å²) in [4.78, 5) is 18.5. The summed E-state index contributed by atoms with van der Waals surface area (Å²) in [5.74, 6) is -0.160. The predicted octanol–water partition coefficient (Wildman–Crippen LogP) is 3.79. The van der Waals surface area contributed by atoms with E-state index in [0.29, 0.717) is 24.9 Å². The van der Waals surface area contributed by atoms with E-state index in [-0.39, 0.29) is 5.91 Å². The van der Waals surface area contributed by atoms with Crippen LogP contribution in [0.3, 0.4) is 0 Å². The SMILES string of the molecule is CN(Cc1ccccn1)C(=O)C1(c2cccc(C(F)(F)F)c2)CC1. The average molecular weight is 334 g/mol. The van der Waals surface area contributed by atoms with Gasteiger partial charge in [0.15, 0.2) is 0 Å². The zero-order valence-electron chi connectivity index (χ0n) is 13.2. The Labute approximate surface area is 138 Å². The van der Waals surface area contributed by atoms with Crippen LogP contribution in [0.4, 0.5) is 13.2 Å². The molecule has 3 rings (SSSR count). The highest BCUT2D eigenvalue weighted by Crippen LogP contribution is 2.50. The van der Waals surface area contributed by atoms with Crippen LogP contribution >= 0.6 is 0 Å². The minimum absolute atomic E-state index is 0.160. The van der Waals surface area contributed by atoms with E-state index in [1.165, 1.54) is 11.0 Å². The van der Waals surface area contributed by atoms with E-state index in [9.17, 15) is 18.0 Å². The molecule has 0 saturated heterocycles. The summed E-state index contributed by atoms with van der Waals surface area (Å²) in [5.41, 5.74) is -0.361. The fourth-order valence-corrected chi connectivity index (χ4v) is 2.92. The molecule has 1 aliphatic rings. The van der Waals surface area contributed by atoms with Crippen molar-refractivity contribution in [2.75, 3.05) is 7.05 Å². The molecule has 1 saturated carbocycles. The maximum atomic E-state index is 12.9. The molecule has 24 heavy (non-hydrogen) atoms. The van der Waals surface area contributed by atoms with Gasteiger partial charge < -0.3 is 4.90 Å². The molecule has 1 aliphatic carbocycles. The van der Waals surface area contributed by atoms with Crippen LogP contribution in [0.1, 0.15) is 29.7 Å². The van der Waals surface area contributed by atoms with Gasteiger partial charge in [0.2, 0.25) is 5.91 Å². The van der Waals surface area contributed by atoms with E-state index in [0.717, 1.165) is 17.8 Å². The highest BCUT2D eigenvalue weighted by atomic mass is 19.4. The van der Waals surface area contributed by atoms with E-state index >= 15 is 0 Å². The van der Waals surface area contributed by atoms with Gasteiger partial charge in [0.1, 0.15) is 0 Å². The minimum Gasteiger partial charge on any atom is -0.339 e. The zero-order chi connectivity index (χ0) is 17.4. The molecule has 1 amide bonds. The molecule has 0 atom stereocenters. The van der Waals surface area contributed by atoms with Gasteiger partial charge in [-0.15, -0.1) is 0 Å². The molecule has 0 N–H and O–H groups in total. The number of alkyl halides is 3. The van der Waals surface area contributed by atoms with Crippen molar-refractivity contribution in [3.05, 3.63) is 65.5 Å². The maximum Gasteiger partial charge on any atom is 0.416 e. The summed E-state index contributed by atoms with van der Waals surface area (Å²) in [6, 6.07) is 10.5. The van der Waals surface area contributed by atoms with E-state index in [1.54, 1.807) is 25.4 Å². The van der Waals surface area contributed by atoms with Crippen LogP contribution in [0, 0.1) is 0 Å². The fraction of sp³-hybridized carbons (Fsp3) is 0.333. The Kier molecular flexibility index (Phi) is 4.07. The largest absolute Gasteiger partial charge is 0.416 e. The van der Waals surface area contributed by atoms with Gasteiger partial charge in [-0.25, -0.2) is 0 Å². The summed E-state index contributed by atoms with van der Waals surface area (Å²) < 4.78 is 38.8. The number of halogens is 3. The third kappa shape index (κ3) is 3.13. The van der Waals surface area contributed by atoms with Crippen molar-refractivity contribution >= 4 is 5.91 Å². The second-order valence-electron chi connectivity index (χ2n) is 6.14. The molecule has 3 nitrogen and oxygen atoms in total. The van der Waals surface area contributed by atoms with Crippen molar-refractivity contribution in [2.45, 2.75) is 31.0 Å². The number of benzene rings is 1. The van der Waals surface area contributed by atoms with Crippen LogP contribution < -0.4 is 0 Å². The molecule has 126 valence electrons. The fourth-order valence-electron chi connectivity index (χ4n) is 2.92. The van der Waals surface area contributed by atoms with Crippen LogP contribution in [0.5, 0.6) is 0 Å². The van der Waals surface area contributed by atoms with Crippen molar-refractivity contribution < 1.29 is 18.0 Å². The van der Waals surface area contributed by atoms with Gasteiger partial charge in [-0.2, -0.15) is 13.2 Å². The Balaban J connectivity index is 1.82. The molecule has 6 heteroatoms. The molecule has 2 aromatic rings. The first-order valence-electron chi connectivity index (χ1n) is 7.66. The van der Waals surface area contributed by atoms with E-state index in [1.807, 2.05) is 12.1 Å². The van der Waals surface area contributed by atoms with Crippen LogP contribution in [0.2, 0.25) is 0 Å². The normalized spacial score (nSPS) is 15.8. The van der Waals surface area contributed by atoms with Crippen molar-refractivity contribution in [1.82, 2.24) is 9.88 Å². The monoisotopic (exact) mass is 334 g/mol. The molecule has 1 heterocycles. The van der Waals surface area contributed by atoms with E-state index < -0.39 is 17.2 Å². The first-order chi connectivity index (χ1) is 11.3. The maximum absolute atomic E-state index is 12.9. The van der Waals surface area contributed by atoms with E-state index in [4.69, 9.17) is 0 Å². The van der Waals surface area contributed by atoms with Crippen LogP contribution in [0.25, 0.3) is 0 Å². The first-order valence-corrected chi connectivity index (χ1v) is 7.66. The van der Waals surface area contributed by atoms with Crippen LogP contribution in [-0.4, -0.2) is 22.8 Å².